The number of fused-ring (bicyclic) bond motifs is 1. The second-order valence-corrected chi connectivity index (χ2v) is 5.77. The maximum absolute atomic E-state index is 12.4. The Kier molecular flexibility index (Phi) is 5.41. The number of ether oxygens (including phenoxy) is 1. The number of nitrogens with zero attached hydrogens (tertiary/aromatic N) is 1. The molecule has 0 aromatic heterocycles. The van der Waals surface area contributed by atoms with Gasteiger partial charge in [0.05, 0.1) is 5.69 Å². The fourth-order valence-corrected chi connectivity index (χ4v) is 2.56. The second-order valence-electron chi connectivity index (χ2n) is 5.77. The first-order valence-corrected chi connectivity index (χ1v) is 7.89. The number of aliphatic carboxylic acids is 1. The van der Waals surface area contributed by atoms with Crippen LogP contribution in [0.25, 0.3) is 0 Å². The number of Topliss-reactive ketones (excluding diaryl/α,β-unsaturated/α-hetero) is 1. The van der Waals surface area contributed by atoms with Gasteiger partial charge in [-0.05, 0) is 38.5 Å². The standard InChI is InChI=1S/C17H20N2O6/c1-4-12(17(23)24)18-16(22)9(2)19-13-7-11(10(3)20)5-6-14(13)25-8-15(19)21/h5-7,9,12H,4,8H2,1-3H3,(H,18,22)(H,23,24). The van der Waals surface area contributed by atoms with Gasteiger partial charge in [-0.15, -0.1) is 0 Å². The molecule has 25 heavy (non-hydrogen) atoms. The number of nitrogens with one attached hydrogen (secondary N) is 1. The van der Waals surface area contributed by atoms with E-state index in [-0.39, 0.29) is 18.8 Å². The number of ketones is 1. The molecule has 2 rings (SSSR count). The highest BCUT2D eigenvalue weighted by molar-refractivity contribution is 6.05. The number of benzene rings is 1. The molecule has 134 valence electrons. The topological polar surface area (TPSA) is 113 Å². The van der Waals surface area contributed by atoms with Crippen LogP contribution in [0.3, 0.4) is 0 Å². The van der Waals surface area contributed by atoms with Crippen molar-refractivity contribution in [3.05, 3.63) is 23.8 Å². The summed E-state index contributed by atoms with van der Waals surface area (Å²) in [5.74, 6) is -1.98. The van der Waals surface area contributed by atoms with E-state index in [0.29, 0.717) is 17.0 Å². The zero-order chi connectivity index (χ0) is 18.7. The van der Waals surface area contributed by atoms with Crippen molar-refractivity contribution in [3.8, 4) is 5.75 Å². The number of hydrogen-bond acceptors (Lipinski definition) is 5. The molecule has 2 amide bonds. The van der Waals surface area contributed by atoms with Crippen LogP contribution in [-0.4, -0.2) is 47.4 Å². The minimum atomic E-state index is -1.14. The smallest absolute Gasteiger partial charge is 0.326 e. The predicted molar refractivity (Wildman–Crippen MR) is 88.7 cm³/mol. The Labute approximate surface area is 144 Å². The second kappa shape index (κ2) is 7.33. The molecule has 0 bridgehead atoms. The van der Waals surface area contributed by atoms with Crippen LogP contribution in [0.4, 0.5) is 5.69 Å². The Morgan fingerprint density at radius 2 is 2.04 bits per heavy atom. The lowest BCUT2D eigenvalue weighted by Crippen LogP contribution is -2.54. The lowest BCUT2D eigenvalue weighted by atomic mass is 10.1. The molecule has 1 aliphatic rings. The monoisotopic (exact) mass is 348 g/mol. The van der Waals surface area contributed by atoms with Crippen LogP contribution >= 0.6 is 0 Å². The van der Waals surface area contributed by atoms with Gasteiger partial charge >= 0.3 is 5.97 Å². The summed E-state index contributed by atoms with van der Waals surface area (Å²) in [5.41, 5.74) is 0.696. The number of carbonyl (C=O) groups excluding carboxylic acids is 3. The zero-order valence-electron chi connectivity index (χ0n) is 14.2. The van der Waals surface area contributed by atoms with Crippen LogP contribution in [0.2, 0.25) is 0 Å². The van der Waals surface area contributed by atoms with E-state index < -0.39 is 29.9 Å². The van der Waals surface area contributed by atoms with Crippen LogP contribution < -0.4 is 15.0 Å². The average molecular weight is 348 g/mol. The Bertz CT molecular complexity index is 730. The molecule has 1 aromatic rings. The lowest BCUT2D eigenvalue weighted by molar-refractivity contribution is -0.142. The fourth-order valence-electron chi connectivity index (χ4n) is 2.56. The van der Waals surface area contributed by atoms with Gasteiger partial charge in [-0.1, -0.05) is 6.92 Å². The van der Waals surface area contributed by atoms with Crippen LogP contribution in [-0.2, 0) is 14.4 Å². The first-order chi connectivity index (χ1) is 11.8. The van der Waals surface area contributed by atoms with Crippen LogP contribution in [0.1, 0.15) is 37.6 Å². The summed E-state index contributed by atoms with van der Waals surface area (Å²) in [7, 11) is 0. The third-order valence-corrected chi connectivity index (χ3v) is 4.03. The van der Waals surface area contributed by atoms with E-state index in [2.05, 4.69) is 5.32 Å². The molecule has 2 unspecified atom stereocenters. The minimum Gasteiger partial charge on any atom is -0.482 e. The molecule has 0 saturated heterocycles. The molecule has 1 aliphatic heterocycles. The van der Waals surface area contributed by atoms with Gasteiger partial charge in [-0.2, -0.15) is 0 Å². The van der Waals surface area contributed by atoms with Crippen LogP contribution in [0.5, 0.6) is 5.75 Å². The molecule has 1 heterocycles. The van der Waals surface area contributed by atoms with E-state index in [9.17, 15) is 19.2 Å². The van der Waals surface area contributed by atoms with Crippen molar-refractivity contribution in [2.24, 2.45) is 0 Å². The molecule has 2 N–H and O–H groups in total. The largest absolute Gasteiger partial charge is 0.482 e. The molecule has 0 radical (unpaired) electrons. The van der Waals surface area contributed by atoms with Crippen molar-refractivity contribution in [2.75, 3.05) is 11.5 Å². The number of carboxylic acids is 1. The summed E-state index contributed by atoms with van der Waals surface area (Å²) in [6.45, 7) is 4.29. The molecular formula is C17H20N2O6. The van der Waals surface area contributed by atoms with Crippen molar-refractivity contribution >= 4 is 29.3 Å². The normalized spacial score (nSPS) is 15.6. The van der Waals surface area contributed by atoms with Crippen molar-refractivity contribution in [3.63, 3.8) is 0 Å². The van der Waals surface area contributed by atoms with Gasteiger partial charge in [0.25, 0.3) is 5.91 Å². The number of hydrogen-bond donors (Lipinski definition) is 2. The van der Waals surface area contributed by atoms with Gasteiger partial charge in [0.1, 0.15) is 17.8 Å². The molecule has 0 spiro atoms. The number of rotatable bonds is 6. The number of carboxylic acid groups (broad SMARTS) is 1. The summed E-state index contributed by atoms with van der Waals surface area (Å²) in [4.78, 5) is 48.6. The van der Waals surface area contributed by atoms with E-state index in [1.165, 1.54) is 24.8 Å². The van der Waals surface area contributed by atoms with E-state index in [4.69, 9.17) is 9.84 Å². The molecule has 8 heteroatoms. The minimum absolute atomic E-state index is 0.185. The first-order valence-electron chi connectivity index (χ1n) is 7.89. The van der Waals surface area contributed by atoms with Crippen molar-refractivity contribution < 1.29 is 29.0 Å². The fraction of sp³-hybridized carbons (Fsp3) is 0.412. The Morgan fingerprint density at radius 3 is 2.60 bits per heavy atom. The molecule has 0 saturated carbocycles. The van der Waals surface area contributed by atoms with Crippen molar-refractivity contribution in [2.45, 2.75) is 39.3 Å². The summed E-state index contributed by atoms with van der Waals surface area (Å²) < 4.78 is 5.34. The SMILES string of the molecule is CCC(NC(=O)C(C)N1C(=O)COc2ccc(C(C)=O)cc21)C(=O)O. The number of anilines is 1. The molecule has 0 aliphatic carbocycles. The Hall–Kier alpha value is -2.90. The van der Waals surface area contributed by atoms with Crippen LogP contribution in [0, 0.1) is 0 Å². The predicted octanol–water partition coefficient (Wildman–Crippen LogP) is 0.982. The maximum atomic E-state index is 12.4. The summed E-state index contributed by atoms with van der Waals surface area (Å²) in [5, 5.41) is 11.5. The van der Waals surface area contributed by atoms with Gasteiger partial charge < -0.3 is 15.2 Å². The highest BCUT2D eigenvalue weighted by atomic mass is 16.5. The van der Waals surface area contributed by atoms with Gasteiger partial charge in [-0.3, -0.25) is 19.3 Å². The first kappa shape index (κ1) is 18.4. The molecule has 1 aromatic carbocycles. The van der Waals surface area contributed by atoms with Crippen LogP contribution in [0.15, 0.2) is 18.2 Å². The molecule has 0 fully saturated rings. The summed E-state index contributed by atoms with van der Waals surface area (Å²) in [6, 6.07) is 2.66. The highest BCUT2D eigenvalue weighted by Crippen LogP contribution is 2.34. The van der Waals surface area contributed by atoms with Gasteiger partial charge in [0, 0.05) is 5.56 Å². The van der Waals surface area contributed by atoms with Crippen molar-refractivity contribution in [1.29, 1.82) is 0 Å². The number of amides is 2. The Balaban J connectivity index is 2.33. The third-order valence-electron chi connectivity index (χ3n) is 4.03. The molecular weight excluding hydrogens is 328 g/mol. The average Bonchev–Trinajstić information content (AvgIpc) is 2.57. The van der Waals surface area contributed by atoms with Gasteiger partial charge in [0.15, 0.2) is 12.4 Å². The lowest BCUT2D eigenvalue weighted by Gasteiger charge is -2.34. The summed E-state index contributed by atoms with van der Waals surface area (Å²) in [6.07, 6.45) is 0.218. The van der Waals surface area contributed by atoms with E-state index in [0.717, 1.165) is 0 Å². The van der Waals surface area contributed by atoms with E-state index >= 15 is 0 Å². The van der Waals surface area contributed by atoms with E-state index in [1.54, 1.807) is 19.1 Å². The molecule has 2 atom stereocenters. The summed E-state index contributed by atoms with van der Waals surface area (Å²) >= 11 is 0. The quantitative estimate of drug-likeness (QED) is 0.741. The number of carbonyl (C=O) groups is 4. The zero-order valence-corrected chi connectivity index (χ0v) is 14.2. The molecule has 8 nitrogen and oxygen atoms in total. The van der Waals surface area contributed by atoms with E-state index in [1.807, 2.05) is 0 Å². The van der Waals surface area contributed by atoms with Gasteiger partial charge in [-0.25, -0.2) is 4.79 Å². The third kappa shape index (κ3) is 3.78. The van der Waals surface area contributed by atoms with Crippen molar-refractivity contribution in [1.82, 2.24) is 5.32 Å². The highest BCUT2D eigenvalue weighted by Gasteiger charge is 2.34. The maximum Gasteiger partial charge on any atom is 0.326 e. The van der Waals surface area contributed by atoms with Gasteiger partial charge in [0.2, 0.25) is 5.91 Å². The Morgan fingerprint density at radius 1 is 1.36 bits per heavy atom.